The SMILES string of the molecule is C=C(NC1CCN(C(=O)c2ccccc2OC(F)(F)C(F)F)C1)Sc1cc(F)ccc1C. The molecule has 0 spiro atoms. The Bertz CT molecular complexity index is 1000. The van der Waals surface area contributed by atoms with Gasteiger partial charge < -0.3 is 15.0 Å². The summed E-state index contributed by atoms with van der Waals surface area (Å²) in [7, 11) is 0. The summed E-state index contributed by atoms with van der Waals surface area (Å²) in [5.74, 6) is -1.57. The number of benzene rings is 2. The molecule has 1 fully saturated rings. The van der Waals surface area contributed by atoms with Gasteiger partial charge in [0.2, 0.25) is 0 Å². The molecule has 1 amide bonds. The van der Waals surface area contributed by atoms with Crippen molar-refractivity contribution in [3.05, 3.63) is 71.0 Å². The van der Waals surface area contributed by atoms with Crippen LogP contribution < -0.4 is 10.1 Å². The summed E-state index contributed by atoms with van der Waals surface area (Å²) in [5, 5.41) is 3.75. The van der Waals surface area contributed by atoms with Crippen molar-refractivity contribution in [2.24, 2.45) is 0 Å². The molecule has 10 heteroatoms. The summed E-state index contributed by atoms with van der Waals surface area (Å²) in [4.78, 5) is 15.0. The largest absolute Gasteiger partial charge is 0.461 e. The zero-order valence-corrected chi connectivity index (χ0v) is 17.9. The Hall–Kier alpha value is -2.75. The molecule has 0 aliphatic carbocycles. The normalized spacial score (nSPS) is 16.3. The molecule has 1 heterocycles. The van der Waals surface area contributed by atoms with E-state index >= 15 is 0 Å². The molecule has 1 atom stereocenters. The van der Waals surface area contributed by atoms with Gasteiger partial charge >= 0.3 is 12.5 Å². The highest BCUT2D eigenvalue weighted by Crippen LogP contribution is 2.32. The van der Waals surface area contributed by atoms with E-state index in [0.29, 0.717) is 22.9 Å². The lowest BCUT2D eigenvalue weighted by Crippen LogP contribution is -2.36. The first-order valence-electron chi connectivity index (χ1n) is 9.69. The molecule has 1 N–H and O–H groups in total. The molecule has 0 aromatic heterocycles. The molecule has 1 unspecified atom stereocenters. The zero-order valence-electron chi connectivity index (χ0n) is 17.1. The minimum absolute atomic E-state index is 0.164. The van der Waals surface area contributed by atoms with Crippen molar-refractivity contribution >= 4 is 17.7 Å². The van der Waals surface area contributed by atoms with Gasteiger partial charge in [-0.05, 0) is 43.2 Å². The number of carbonyl (C=O) groups excluding carboxylic acids is 1. The lowest BCUT2D eigenvalue weighted by atomic mass is 10.1. The number of hydrogen-bond donors (Lipinski definition) is 1. The van der Waals surface area contributed by atoms with E-state index in [1.54, 1.807) is 6.07 Å². The fourth-order valence-corrected chi connectivity index (χ4v) is 4.12. The second-order valence-electron chi connectivity index (χ2n) is 7.28. The van der Waals surface area contributed by atoms with Crippen LogP contribution in [-0.2, 0) is 0 Å². The van der Waals surface area contributed by atoms with Crippen molar-refractivity contribution in [3.63, 3.8) is 0 Å². The number of thioether (sulfide) groups is 1. The lowest BCUT2D eigenvalue weighted by molar-refractivity contribution is -0.253. The van der Waals surface area contributed by atoms with Crippen molar-refractivity contribution in [3.8, 4) is 5.75 Å². The molecule has 2 aromatic rings. The van der Waals surface area contributed by atoms with Crippen LogP contribution in [0.2, 0.25) is 0 Å². The van der Waals surface area contributed by atoms with Crippen molar-refractivity contribution in [1.82, 2.24) is 10.2 Å². The number of halogens is 5. The van der Waals surface area contributed by atoms with E-state index in [4.69, 9.17) is 0 Å². The molecule has 1 saturated heterocycles. The molecule has 32 heavy (non-hydrogen) atoms. The molecule has 0 saturated carbocycles. The molecule has 1 aliphatic heterocycles. The molecule has 3 rings (SSSR count). The third-order valence-corrected chi connectivity index (χ3v) is 5.87. The number of rotatable bonds is 8. The molecule has 0 bridgehead atoms. The van der Waals surface area contributed by atoms with E-state index in [0.717, 1.165) is 11.6 Å². The number of nitrogens with one attached hydrogen (secondary N) is 1. The molecule has 4 nitrogen and oxygen atoms in total. The molecular formula is C22H21F5N2O2S. The van der Waals surface area contributed by atoms with E-state index in [2.05, 4.69) is 16.6 Å². The maximum Gasteiger partial charge on any atom is 0.461 e. The monoisotopic (exact) mass is 472 g/mol. The number of alkyl halides is 4. The van der Waals surface area contributed by atoms with Crippen LogP contribution in [0.4, 0.5) is 22.0 Å². The van der Waals surface area contributed by atoms with Crippen molar-refractivity contribution < 1.29 is 31.5 Å². The average Bonchev–Trinajstić information content (AvgIpc) is 3.18. The maximum atomic E-state index is 13.5. The summed E-state index contributed by atoms with van der Waals surface area (Å²) >= 11 is 1.27. The van der Waals surface area contributed by atoms with Crippen molar-refractivity contribution in [2.45, 2.75) is 36.8 Å². The van der Waals surface area contributed by atoms with Crippen LogP contribution in [0.1, 0.15) is 22.3 Å². The fraction of sp³-hybridized carbons (Fsp3) is 0.318. The van der Waals surface area contributed by atoms with Gasteiger partial charge in [0, 0.05) is 24.0 Å². The first kappa shape index (κ1) is 23.9. The van der Waals surface area contributed by atoms with E-state index in [9.17, 15) is 26.7 Å². The Morgan fingerprint density at radius 1 is 1.28 bits per heavy atom. The lowest BCUT2D eigenvalue weighted by Gasteiger charge is -2.22. The van der Waals surface area contributed by atoms with Gasteiger partial charge in [-0.2, -0.15) is 17.6 Å². The predicted octanol–water partition coefficient (Wildman–Crippen LogP) is 5.44. The minimum atomic E-state index is -4.71. The first-order valence-corrected chi connectivity index (χ1v) is 10.5. The number of amides is 1. The second kappa shape index (κ2) is 9.81. The van der Waals surface area contributed by atoms with Gasteiger partial charge in [-0.3, -0.25) is 4.79 Å². The number of para-hydroxylation sites is 1. The van der Waals surface area contributed by atoms with Gasteiger partial charge in [0.1, 0.15) is 11.6 Å². The van der Waals surface area contributed by atoms with Crippen molar-refractivity contribution in [1.29, 1.82) is 0 Å². The highest BCUT2D eigenvalue weighted by Gasteiger charge is 2.44. The summed E-state index contributed by atoms with van der Waals surface area (Å²) in [6.45, 7) is 6.36. The third kappa shape index (κ3) is 5.73. The van der Waals surface area contributed by atoms with E-state index in [-0.39, 0.29) is 24.0 Å². The van der Waals surface area contributed by atoms with Gasteiger partial charge in [-0.15, -0.1) is 0 Å². The maximum absolute atomic E-state index is 13.5. The van der Waals surface area contributed by atoms with Gasteiger partial charge in [0.05, 0.1) is 10.6 Å². The van der Waals surface area contributed by atoms with Crippen molar-refractivity contribution in [2.75, 3.05) is 13.1 Å². The first-order chi connectivity index (χ1) is 15.1. The number of carbonyl (C=O) groups is 1. The molecule has 2 aromatic carbocycles. The van der Waals surface area contributed by atoms with E-state index in [1.807, 2.05) is 6.92 Å². The Morgan fingerprint density at radius 2 is 2.00 bits per heavy atom. The van der Waals surface area contributed by atoms with Gasteiger partial charge in [-0.25, -0.2) is 4.39 Å². The molecule has 0 radical (unpaired) electrons. The van der Waals surface area contributed by atoms with E-state index in [1.165, 1.54) is 47.0 Å². The van der Waals surface area contributed by atoms with Crippen LogP contribution >= 0.6 is 11.8 Å². The average molecular weight is 472 g/mol. The number of ether oxygens (including phenoxy) is 1. The molecule has 1 aliphatic rings. The number of hydrogen-bond acceptors (Lipinski definition) is 4. The van der Waals surface area contributed by atoms with Crippen LogP contribution in [-0.4, -0.2) is 42.5 Å². The number of nitrogens with zero attached hydrogens (tertiary/aromatic N) is 1. The van der Waals surface area contributed by atoms with Crippen LogP contribution in [0.5, 0.6) is 5.75 Å². The quantitative estimate of drug-likeness (QED) is 0.411. The predicted molar refractivity (Wildman–Crippen MR) is 112 cm³/mol. The summed E-state index contributed by atoms with van der Waals surface area (Å²) < 4.78 is 69.3. The van der Waals surface area contributed by atoms with Crippen LogP contribution in [0.25, 0.3) is 0 Å². The second-order valence-corrected chi connectivity index (χ2v) is 8.41. The summed E-state index contributed by atoms with van der Waals surface area (Å²) in [6, 6.07) is 9.33. The van der Waals surface area contributed by atoms with Gasteiger partial charge in [0.15, 0.2) is 0 Å². The standard InChI is InChI=1S/C22H21F5N2O2S/c1-13-7-8-15(23)11-19(13)32-14(2)28-16-9-10-29(12-16)20(30)17-5-3-4-6-18(17)31-22(26,27)21(24)25/h3-8,11,16,21,28H,2,9-10,12H2,1H3. The molecular weight excluding hydrogens is 451 g/mol. The Balaban J connectivity index is 1.63. The van der Waals surface area contributed by atoms with Gasteiger partial charge in [0.25, 0.3) is 5.91 Å². The smallest absolute Gasteiger partial charge is 0.427 e. The highest BCUT2D eigenvalue weighted by atomic mass is 32.2. The fourth-order valence-electron chi connectivity index (χ4n) is 3.23. The summed E-state index contributed by atoms with van der Waals surface area (Å²) in [6.07, 6.45) is -8.18. The zero-order chi connectivity index (χ0) is 23.5. The van der Waals surface area contributed by atoms with Crippen LogP contribution in [0.15, 0.2) is 59.0 Å². The third-order valence-electron chi connectivity index (χ3n) is 4.84. The van der Waals surface area contributed by atoms with Gasteiger partial charge in [-0.1, -0.05) is 36.5 Å². The number of aryl methyl sites for hydroxylation is 1. The Morgan fingerprint density at radius 3 is 2.72 bits per heavy atom. The Kier molecular flexibility index (Phi) is 7.33. The van der Waals surface area contributed by atoms with E-state index < -0.39 is 24.2 Å². The van der Waals surface area contributed by atoms with Crippen LogP contribution in [0.3, 0.4) is 0 Å². The topological polar surface area (TPSA) is 41.6 Å². The highest BCUT2D eigenvalue weighted by molar-refractivity contribution is 8.03. The number of likely N-dealkylation sites (tertiary alicyclic amines) is 1. The van der Waals surface area contributed by atoms with Crippen LogP contribution in [0, 0.1) is 12.7 Å². The Labute approximate surface area is 186 Å². The summed E-state index contributed by atoms with van der Waals surface area (Å²) in [5.41, 5.74) is 0.664. The molecule has 172 valence electrons. The minimum Gasteiger partial charge on any atom is -0.427 e.